The Kier molecular flexibility index (Phi) is 3.50. The molecule has 0 aliphatic heterocycles. The minimum atomic E-state index is 0.488. The molecular formula is C16H12N2O. The maximum absolute atomic E-state index is 9.11. The molecule has 0 heterocycles. The lowest BCUT2D eigenvalue weighted by atomic mass is 10.1. The highest BCUT2D eigenvalue weighted by molar-refractivity contribution is 5.49. The van der Waals surface area contributed by atoms with Crippen LogP contribution in [0.25, 0.3) is 0 Å². The van der Waals surface area contributed by atoms with Gasteiger partial charge in [0.2, 0.25) is 0 Å². The van der Waals surface area contributed by atoms with E-state index in [2.05, 4.69) is 12.1 Å². The SMILES string of the molecule is Cc1ccc(Oc2cc(C#N)ccc2C)c(C#N)c1. The van der Waals surface area contributed by atoms with Gasteiger partial charge in [-0.05, 0) is 49.2 Å². The van der Waals surface area contributed by atoms with Gasteiger partial charge in [-0.1, -0.05) is 12.1 Å². The monoisotopic (exact) mass is 248 g/mol. The van der Waals surface area contributed by atoms with E-state index in [0.717, 1.165) is 11.1 Å². The summed E-state index contributed by atoms with van der Waals surface area (Å²) in [5.41, 5.74) is 2.95. The molecule has 0 N–H and O–H groups in total. The second-order valence-corrected chi connectivity index (χ2v) is 4.31. The van der Waals surface area contributed by atoms with E-state index in [0.29, 0.717) is 22.6 Å². The second kappa shape index (κ2) is 5.25. The Morgan fingerprint density at radius 1 is 0.895 bits per heavy atom. The maximum atomic E-state index is 9.11. The second-order valence-electron chi connectivity index (χ2n) is 4.31. The van der Waals surface area contributed by atoms with Crippen LogP contribution >= 0.6 is 0 Å². The average molecular weight is 248 g/mol. The van der Waals surface area contributed by atoms with Gasteiger partial charge >= 0.3 is 0 Å². The molecule has 0 aliphatic carbocycles. The largest absolute Gasteiger partial charge is 0.456 e. The van der Waals surface area contributed by atoms with Crippen LogP contribution in [0, 0.1) is 36.5 Å². The molecule has 0 amide bonds. The number of hydrogen-bond donors (Lipinski definition) is 0. The first-order valence-corrected chi connectivity index (χ1v) is 5.83. The summed E-state index contributed by atoms with van der Waals surface area (Å²) in [7, 11) is 0. The minimum absolute atomic E-state index is 0.488. The van der Waals surface area contributed by atoms with Crippen molar-refractivity contribution in [1.82, 2.24) is 0 Å². The summed E-state index contributed by atoms with van der Waals surface area (Å²) >= 11 is 0. The Morgan fingerprint density at radius 2 is 1.68 bits per heavy atom. The van der Waals surface area contributed by atoms with E-state index in [9.17, 15) is 0 Å². The number of benzene rings is 2. The summed E-state index contributed by atoms with van der Waals surface area (Å²) in [6.45, 7) is 3.82. The van der Waals surface area contributed by atoms with Gasteiger partial charge in [-0.2, -0.15) is 10.5 Å². The lowest BCUT2D eigenvalue weighted by Gasteiger charge is -2.10. The minimum Gasteiger partial charge on any atom is -0.456 e. The van der Waals surface area contributed by atoms with E-state index < -0.39 is 0 Å². The van der Waals surface area contributed by atoms with Crippen LogP contribution < -0.4 is 4.74 Å². The van der Waals surface area contributed by atoms with Crippen molar-refractivity contribution in [2.45, 2.75) is 13.8 Å². The highest BCUT2D eigenvalue weighted by atomic mass is 16.5. The number of rotatable bonds is 2. The van der Waals surface area contributed by atoms with E-state index in [1.165, 1.54) is 0 Å². The van der Waals surface area contributed by atoms with Crippen molar-refractivity contribution >= 4 is 0 Å². The van der Waals surface area contributed by atoms with Crippen LogP contribution in [0.15, 0.2) is 36.4 Å². The summed E-state index contributed by atoms with van der Waals surface area (Å²) in [4.78, 5) is 0. The van der Waals surface area contributed by atoms with Crippen molar-refractivity contribution in [2.75, 3.05) is 0 Å². The molecule has 2 aromatic rings. The van der Waals surface area contributed by atoms with Crippen LogP contribution in [0.3, 0.4) is 0 Å². The molecule has 2 aromatic carbocycles. The quantitative estimate of drug-likeness (QED) is 0.811. The molecule has 3 nitrogen and oxygen atoms in total. The normalized spacial score (nSPS) is 9.47. The molecular weight excluding hydrogens is 236 g/mol. The van der Waals surface area contributed by atoms with Crippen LogP contribution in [-0.2, 0) is 0 Å². The molecule has 0 saturated heterocycles. The smallest absolute Gasteiger partial charge is 0.145 e. The number of ether oxygens (including phenoxy) is 1. The number of nitrogens with zero attached hydrogens (tertiary/aromatic N) is 2. The fourth-order valence-corrected chi connectivity index (χ4v) is 1.72. The highest BCUT2D eigenvalue weighted by Gasteiger charge is 2.07. The molecule has 0 unspecified atom stereocenters. The van der Waals surface area contributed by atoms with E-state index in [1.807, 2.05) is 26.0 Å². The fourth-order valence-electron chi connectivity index (χ4n) is 1.72. The third-order valence-corrected chi connectivity index (χ3v) is 2.79. The summed E-state index contributed by atoms with van der Waals surface area (Å²) < 4.78 is 5.76. The topological polar surface area (TPSA) is 56.8 Å². The van der Waals surface area contributed by atoms with Crippen LogP contribution in [0.1, 0.15) is 22.3 Å². The lowest BCUT2D eigenvalue weighted by molar-refractivity contribution is 0.477. The van der Waals surface area contributed by atoms with Gasteiger partial charge in [0.1, 0.15) is 17.6 Å². The summed E-state index contributed by atoms with van der Waals surface area (Å²) in [5.74, 6) is 1.10. The first-order chi connectivity index (χ1) is 9.13. The van der Waals surface area contributed by atoms with Crippen LogP contribution in [0.4, 0.5) is 0 Å². The molecule has 19 heavy (non-hydrogen) atoms. The molecule has 0 radical (unpaired) electrons. The molecule has 3 heteroatoms. The zero-order valence-corrected chi connectivity index (χ0v) is 10.8. The maximum Gasteiger partial charge on any atom is 0.145 e. The Balaban J connectivity index is 2.42. The van der Waals surface area contributed by atoms with Gasteiger partial charge in [-0.15, -0.1) is 0 Å². The molecule has 0 aromatic heterocycles. The lowest BCUT2D eigenvalue weighted by Crippen LogP contribution is -1.92. The van der Waals surface area contributed by atoms with Crippen molar-refractivity contribution < 1.29 is 4.74 Å². The average Bonchev–Trinajstić information content (AvgIpc) is 2.43. The summed E-state index contributed by atoms with van der Waals surface area (Å²) in [5, 5.41) is 18.0. The van der Waals surface area contributed by atoms with Crippen LogP contribution in [0.5, 0.6) is 11.5 Å². The van der Waals surface area contributed by atoms with E-state index >= 15 is 0 Å². The summed E-state index contributed by atoms with van der Waals surface area (Å²) in [6.07, 6.45) is 0. The van der Waals surface area contributed by atoms with Crippen molar-refractivity contribution in [2.24, 2.45) is 0 Å². The number of hydrogen-bond acceptors (Lipinski definition) is 3. The Bertz CT molecular complexity index is 706. The Morgan fingerprint density at radius 3 is 2.37 bits per heavy atom. The first kappa shape index (κ1) is 12.7. The van der Waals surface area contributed by atoms with Crippen molar-refractivity contribution in [1.29, 1.82) is 10.5 Å². The highest BCUT2D eigenvalue weighted by Crippen LogP contribution is 2.28. The molecule has 0 atom stereocenters. The van der Waals surface area contributed by atoms with Gasteiger partial charge in [0, 0.05) is 0 Å². The molecule has 2 rings (SSSR count). The molecule has 0 aliphatic rings. The molecule has 92 valence electrons. The summed E-state index contributed by atoms with van der Waals surface area (Å²) in [6, 6.07) is 14.9. The van der Waals surface area contributed by atoms with Gasteiger partial charge in [0.05, 0.1) is 17.2 Å². The molecule has 0 spiro atoms. The number of aryl methyl sites for hydroxylation is 2. The van der Waals surface area contributed by atoms with Crippen LogP contribution in [0.2, 0.25) is 0 Å². The predicted octanol–water partition coefficient (Wildman–Crippen LogP) is 3.84. The van der Waals surface area contributed by atoms with E-state index in [4.69, 9.17) is 15.3 Å². The third kappa shape index (κ3) is 2.73. The molecule has 0 fully saturated rings. The predicted molar refractivity (Wildman–Crippen MR) is 71.9 cm³/mol. The fraction of sp³-hybridized carbons (Fsp3) is 0.125. The van der Waals surface area contributed by atoms with Crippen molar-refractivity contribution in [3.05, 3.63) is 58.7 Å². The molecule has 0 bridgehead atoms. The van der Waals surface area contributed by atoms with Crippen molar-refractivity contribution in [3.63, 3.8) is 0 Å². The van der Waals surface area contributed by atoms with Gasteiger partial charge in [0.15, 0.2) is 0 Å². The van der Waals surface area contributed by atoms with Gasteiger partial charge in [-0.25, -0.2) is 0 Å². The standard InChI is InChI=1S/C16H12N2O/c1-11-3-6-15(14(7-11)10-18)19-16-8-13(9-17)5-4-12(16)2/h3-8H,1-2H3. The number of nitriles is 2. The third-order valence-electron chi connectivity index (χ3n) is 2.79. The zero-order chi connectivity index (χ0) is 13.8. The van der Waals surface area contributed by atoms with Gasteiger partial charge in [0.25, 0.3) is 0 Å². The van der Waals surface area contributed by atoms with E-state index in [1.54, 1.807) is 24.3 Å². The Labute approximate surface area is 112 Å². The zero-order valence-electron chi connectivity index (χ0n) is 10.8. The van der Waals surface area contributed by atoms with Gasteiger partial charge < -0.3 is 4.74 Å². The van der Waals surface area contributed by atoms with Gasteiger partial charge in [-0.3, -0.25) is 0 Å². The first-order valence-electron chi connectivity index (χ1n) is 5.83. The van der Waals surface area contributed by atoms with Crippen LogP contribution in [-0.4, -0.2) is 0 Å². The molecule has 0 saturated carbocycles. The van der Waals surface area contributed by atoms with E-state index in [-0.39, 0.29) is 0 Å². The van der Waals surface area contributed by atoms with Crippen molar-refractivity contribution in [3.8, 4) is 23.6 Å². The Hall–Kier alpha value is -2.78.